The zero-order valence-corrected chi connectivity index (χ0v) is 13.9. The number of hydrogen-bond acceptors (Lipinski definition) is 8. The molecule has 11 nitrogen and oxygen atoms in total. The Balaban J connectivity index is 2.01. The summed E-state index contributed by atoms with van der Waals surface area (Å²) in [6, 6.07) is 0. The van der Waals surface area contributed by atoms with Crippen molar-refractivity contribution in [3.05, 3.63) is 11.6 Å². The number of hydrogen-bond donors (Lipinski definition) is 3. The van der Waals surface area contributed by atoms with Gasteiger partial charge in [0, 0.05) is 13.7 Å². The highest BCUT2D eigenvalue weighted by Crippen LogP contribution is 2.18. The lowest BCUT2D eigenvalue weighted by atomic mass is 10.2. The summed E-state index contributed by atoms with van der Waals surface area (Å²) in [4.78, 5) is 33.6. The summed E-state index contributed by atoms with van der Waals surface area (Å²) in [5.41, 5.74) is 6.58. The molecule has 0 saturated carbocycles. The Labute approximate surface area is 146 Å². The number of nitrogen functional groups attached to an aromatic ring is 1. The molecule has 2 heterocycles. The molecule has 0 aliphatic heterocycles. The van der Waals surface area contributed by atoms with Gasteiger partial charge in [-0.25, -0.2) is 14.6 Å². The average Bonchev–Trinajstić information content (AvgIpc) is 2.93. The Morgan fingerprint density at radius 2 is 2.04 bits per heavy atom. The van der Waals surface area contributed by atoms with E-state index in [0.29, 0.717) is 24.1 Å². The van der Waals surface area contributed by atoms with Crippen molar-refractivity contribution in [2.24, 2.45) is 0 Å². The molecule has 0 aliphatic carbocycles. The minimum Gasteiger partial charge on any atom is -0.479 e. The maximum atomic E-state index is 10.8. The van der Waals surface area contributed by atoms with Crippen molar-refractivity contribution in [1.29, 1.82) is 0 Å². The van der Waals surface area contributed by atoms with Gasteiger partial charge in [-0.15, -0.1) is 0 Å². The quantitative estimate of drug-likeness (QED) is 0.403. The molecule has 0 spiro atoms. The number of carboxylic acids is 2. The molecular formula is C13H16ClN5O6. The Bertz CT molecular complexity index is 768. The highest BCUT2D eigenvalue weighted by molar-refractivity contribution is 6.28. The summed E-state index contributed by atoms with van der Waals surface area (Å²) >= 11 is 5.79. The van der Waals surface area contributed by atoms with E-state index in [0.717, 1.165) is 0 Å². The van der Waals surface area contributed by atoms with Gasteiger partial charge in [-0.3, -0.25) is 0 Å². The summed E-state index contributed by atoms with van der Waals surface area (Å²) < 4.78 is 11.8. The Kier molecular flexibility index (Phi) is 6.07. The molecular weight excluding hydrogens is 358 g/mol. The number of aryl methyl sites for hydroxylation is 1. The lowest BCUT2D eigenvalue weighted by Crippen LogP contribution is -2.35. The van der Waals surface area contributed by atoms with Crippen LogP contribution in [-0.2, 0) is 25.6 Å². The molecule has 2 aromatic heterocycles. The summed E-state index contributed by atoms with van der Waals surface area (Å²) in [5, 5.41) is 17.6. The van der Waals surface area contributed by atoms with Crippen LogP contribution in [0.15, 0.2) is 6.33 Å². The number of nitrogens with zero attached hydrogens (tertiary/aromatic N) is 4. The number of rotatable bonds is 9. The molecule has 12 heteroatoms. The van der Waals surface area contributed by atoms with E-state index < -0.39 is 24.1 Å². The van der Waals surface area contributed by atoms with Gasteiger partial charge < -0.3 is 30.0 Å². The van der Waals surface area contributed by atoms with Crippen molar-refractivity contribution in [1.82, 2.24) is 19.5 Å². The third-order valence-corrected chi connectivity index (χ3v) is 3.56. The second-order valence-corrected chi connectivity index (χ2v) is 5.36. The number of anilines is 1. The van der Waals surface area contributed by atoms with Gasteiger partial charge in [0.25, 0.3) is 6.10 Å². The fraction of sp³-hybridized carbons (Fsp3) is 0.462. The van der Waals surface area contributed by atoms with E-state index in [-0.39, 0.29) is 17.7 Å². The highest BCUT2D eigenvalue weighted by atomic mass is 35.5. The molecule has 0 saturated heterocycles. The van der Waals surface area contributed by atoms with Crippen LogP contribution in [0.5, 0.6) is 0 Å². The first-order chi connectivity index (χ1) is 11.8. The molecule has 136 valence electrons. The number of methoxy groups -OCH3 is 1. The maximum absolute atomic E-state index is 10.8. The van der Waals surface area contributed by atoms with Crippen LogP contribution in [0.1, 0.15) is 6.42 Å². The van der Waals surface area contributed by atoms with Crippen LogP contribution >= 0.6 is 11.6 Å². The van der Waals surface area contributed by atoms with Gasteiger partial charge >= 0.3 is 11.9 Å². The minimum absolute atomic E-state index is 0.0101. The molecule has 1 unspecified atom stereocenters. The van der Waals surface area contributed by atoms with Crippen LogP contribution in [0.25, 0.3) is 11.2 Å². The first-order valence-electron chi connectivity index (χ1n) is 7.07. The number of imidazole rings is 1. The zero-order valence-electron chi connectivity index (χ0n) is 13.1. The number of ether oxygens (including phenoxy) is 2. The molecule has 0 radical (unpaired) electrons. The van der Waals surface area contributed by atoms with Crippen LogP contribution < -0.4 is 5.73 Å². The van der Waals surface area contributed by atoms with Crippen molar-refractivity contribution in [2.75, 3.05) is 19.5 Å². The molecule has 0 amide bonds. The molecule has 2 aromatic rings. The van der Waals surface area contributed by atoms with Gasteiger partial charge in [-0.2, -0.15) is 9.97 Å². The number of carbonyl (C=O) groups is 2. The third kappa shape index (κ3) is 4.53. The Morgan fingerprint density at radius 3 is 2.64 bits per heavy atom. The Morgan fingerprint density at radius 1 is 1.36 bits per heavy atom. The predicted octanol–water partition coefficient (Wildman–Crippen LogP) is 0.0214. The molecule has 2 rings (SSSR count). The minimum atomic E-state index is -1.95. The monoisotopic (exact) mass is 373 g/mol. The van der Waals surface area contributed by atoms with E-state index >= 15 is 0 Å². The third-order valence-electron chi connectivity index (χ3n) is 3.39. The van der Waals surface area contributed by atoms with E-state index in [2.05, 4.69) is 15.0 Å². The van der Waals surface area contributed by atoms with Crippen molar-refractivity contribution in [3.8, 4) is 0 Å². The maximum Gasteiger partial charge on any atom is 0.344 e. The number of halogens is 1. The second kappa shape index (κ2) is 8.05. The zero-order chi connectivity index (χ0) is 18.6. The SMILES string of the molecule is COC(CCn1cnc2c(N)nc(Cl)nc21)COC(C(=O)O)C(=O)O. The standard InChI is InChI=1S/C13H16ClN5O6/c1-24-6(4-25-8(11(20)21)12(22)23)2-3-19-5-16-7-9(15)17-13(14)18-10(7)19/h5-6,8H,2-4H2,1H3,(H,20,21)(H,22,23)(H2,15,17,18). The van der Waals surface area contributed by atoms with Gasteiger partial charge in [0.2, 0.25) is 5.28 Å². The van der Waals surface area contributed by atoms with Crippen molar-refractivity contribution in [3.63, 3.8) is 0 Å². The van der Waals surface area contributed by atoms with Crippen LogP contribution in [0.2, 0.25) is 5.28 Å². The van der Waals surface area contributed by atoms with Gasteiger partial charge in [0.1, 0.15) is 5.52 Å². The fourth-order valence-electron chi connectivity index (χ4n) is 2.11. The molecule has 25 heavy (non-hydrogen) atoms. The summed E-state index contributed by atoms with van der Waals surface area (Å²) in [7, 11) is 1.41. The number of carboxylic acid groups (broad SMARTS) is 2. The van der Waals surface area contributed by atoms with Crippen molar-refractivity contribution < 1.29 is 29.3 Å². The molecule has 4 N–H and O–H groups in total. The van der Waals surface area contributed by atoms with Gasteiger partial charge in [-0.05, 0) is 18.0 Å². The van der Waals surface area contributed by atoms with Crippen LogP contribution in [0.4, 0.5) is 5.82 Å². The summed E-state index contributed by atoms with van der Waals surface area (Å²) in [6.07, 6.45) is -0.585. The summed E-state index contributed by atoms with van der Waals surface area (Å²) in [5.74, 6) is -3.00. The largest absolute Gasteiger partial charge is 0.479 e. The predicted molar refractivity (Wildman–Crippen MR) is 85.2 cm³/mol. The summed E-state index contributed by atoms with van der Waals surface area (Å²) in [6.45, 7) is 0.181. The topological polar surface area (TPSA) is 163 Å². The first kappa shape index (κ1) is 18.8. The van der Waals surface area contributed by atoms with Crippen LogP contribution in [0.3, 0.4) is 0 Å². The molecule has 0 aromatic carbocycles. The fourth-order valence-corrected chi connectivity index (χ4v) is 2.28. The molecule has 1 atom stereocenters. The van der Waals surface area contributed by atoms with Crippen LogP contribution in [0, 0.1) is 0 Å². The van der Waals surface area contributed by atoms with Gasteiger partial charge in [0.05, 0.1) is 19.0 Å². The van der Waals surface area contributed by atoms with E-state index in [4.69, 9.17) is 37.0 Å². The molecule has 0 fully saturated rings. The lowest BCUT2D eigenvalue weighted by molar-refractivity contribution is -0.168. The Hall–Kier alpha value is -2.50. The number of aliphatic carboxylic acids is 2. The van der Waals surface area contributed by atoms with E-state index in [9.17, 15) is 9.59 Å². The number of aromatic nitrogens is 4. The molecule has 0 aliphatic rings. The lowest BCUT2D eigenvalue weighted by Gasteiger charge is -2.17. The normalized spacial score (nSPS) is 12.6. The number of fused-ring (bicyclic) bond motifs is 1. The van der Waals surface area contributed by atoms with E-state index in [1.807, 2.05) is 0 Å². The van der Waals surface area contributed by atoms with Crippen molar-refractivity contribution >= 4 is 40.5 Å². The molecule has 0 bridgehead atoms. The van der Waals surface area contributed by atoms with E-state index in [1.165, 1.54) is 13.4 Å². The van der Waals surface area contributed by atoms with Gasteiger partial charge in [-0.1, -0.05) is 0 Å². The second-order valence-electron chi connectivity index (χ2n) is 5.02. The average molecular weight is 374 g/mol. The highest BCUT2D eigenvalue weighted by Gasteiger charge is 2.27. The first-order valence-corrected chi connectivity index (χ1v) is 7.45. The van der Waals surface area contributed by atoms with Crippen LogP contribution in [-0.4, -0.2) is 67.6 Å². The smallest absolute Gasteiger partial charge is 0.344 e. The van der Waals surface area contributed by atoms with E-state index in [1.54, 1.807) is 4.57 Å². The van der Waals surface area contributed by atoms with Gasteiger partial charge in [0.15, 0.2) is 11.5 Å². The van der Waals surface area contributed by atoms with Crippen molar-refractivity contribution in [2.45, 2.75) is 25.2 Å². The number of nitrogens with two attached hydrogens (primary N) is 1.